The number of nitrogens with one attached hydrogen (secondary N) is 1. The minimum absolute atomic E-state index is 0.0708. The van der Waals surface area contributed by atoms with Crippen LogP contribution < -0.4 is 4.72 Å². The van der Waals surface area contributed by atoms with E-state index in [9.17, 15) is 18.5 Å². The normalized spacial score (nSPS) is 11.7. The van der Waals surface area contributed by atoms with Crippen molar-refractivity contribution in [1.82, 2.24) is 9.71 Å². The van der Waals surface area contributed by atoms with E-state index in [1.807, 2.05) is 24.3 Å². The van der Waals surface area contributed by atoms with Gasteiger partial charge < -0.3 is 0 Å². The maximum atomic E-state index is 12.1. The fraction of sp³-hybridized carbons (Fsp3) is 0.133. The molecule has 124 valence electrons. The lowest BCUT2D eigenvalue weighted by molar-refractivity contribution is -0.384. The van der Waals surface area contributed by atoms with Crippen LogP contribution in [0, 0.1) is 10.1 Å². The number of hydrogen-bond acceptors (Lipinski definition) is 6. The van der Waals surface area contributed by atoms with Gasteiger partial charge >= 0.3 is 0 Å². The zero-order valence-electron chi connectivity index (χ0n) is 12.4. The number of non-ortho nitro benzene ring substituents is 1. The smallest absolute Gasteiger partial charge is 0.258 e. The second-order valence-electron chi connectivity index (χ2n) is 5.08. The van der Waals surface area contributed by atoms with Gasteiger partial charge in [0.25, 0.3) is 5.69 Å². The molecule has 24 heavy (non-hydrogen) atoms. The van der Waals surface area contributed by atoms with Gasteiger partial charge in [-0.3, -0.25) is 10.1 Å². The summed E-state index contributed by atoms with van der Waals surface area (Å²) in [7, 11) is -3.56. The van der Waals surface area contributed by atoms with Crippen LogP contribution in [0.25, 0.3) is 10.2 Å². The topological polar surface area (TPSA) is 102 Å². The lowest BCUT2D eigenvalue weighted by Crippen LogP contribution is -2.24. The van der Waals surface area contributed by atoms with Gasteiger partial charge in [0.2, 0.25) is 10.0 Å². The van der Waals surface area contributed by atoms with Crippen molar-refractivity contribution >= 4 is 37.3 Å². The quantitative estimate of drug-likeness (QED) is 0.536. The third kappa shape index (κ3) is 3.94. The number of hydrogen-bond donors (Lipinski definition) is 1. The van der Waals surface area contributed by atoms with Crippen LogP contribution in [-0.4, -0.2) is 18.3 Å². The van der Waals surface area contributed by atoms with Gasteiger partial charge in [0, 0.05) is 12.1 Å². The molecule has 0 fully saturated rings. The fourth-order valence-corrected chi connectivity index (χ4v) is 4.24. The van der Waals surface area contributed by atoms with Crippen LogP contribution in [0.1, 0.15) is 10.6 Å². The second kappa shape index (κ2) is 6.63. The largest absolute Gasteiger partial charge is 0.269 e. The van der Waals surface area contributed by atoms with Gasteiger partial charge in [-0.2, -0.15) is 0 Å². The van der Waals surface area contributed by atoms with E-state index >= 15 is 0 Å². The molecule has 0 saturated heterocycles. The zero-order valence-corrected chi connectivity index (χ0v) is 14.0. The highest BCUT2D eigenvalue weighted by atomic mass is 32.2. The molecule has 0 atom stereocenters. The number of fused-ring (bicyclic) bond motifs is 1. The first-order valence-corrected chi connectivity index (χ1v) is 9.45. The van der Waals surface area contributed by atoms with Crippen LogP contribution in [-0.2, 0) is 22.3 Å². The molecule has 3 rings (SSSR count). The molecule has 1 heterocycles. The summed E-state index contributed by atoms with van der Waals surface area (Å²) >= 11 is 1.44. The number of nitrogens with zero attached hydrogens (tertiary/aromatic N) is 2. The van der Waals surface area contributed by atoms with Gasteiger partial charge in [-0.05, 0) is 17.7 Å². The van der Waals surface area contributed by atoms with Crippen LogP contribution >= 0.6 is 11.3 Å². The Morgan fingerprint density at radius 2 is 1.83 bits per heavy atom. The summed E-state index contributed by atoms with van der Waals surface area (Å²) in [6, 6.07) is 13.1. The highest BCUT2D eigenvalue weighted by Crippen LogP contribution is 2.21. The van der Waals surface area contributed by atoms with Gasteiger partial charge in [-0.1, -0.05) is 24.3 Å². The number of para-hydroxylation sites is 1. The van der Waals surface area contributed by atoms with Crippen molar-refractivity contribution < 1.29 is 13.3 Å². The molecule has 9 heteroatoms. The van der Waals surface area contributed by atoms with E-state index in [4.69, 9.17) is 0 Å². The zero-order chi connectivity index (χ0) is 17.2. The number of sulfonamides is 1. The molecule has 0 spiro atoms. The minimum Gasteiger partial charge on any atom is -0.258 e. The van der Waals surface area contributed by atoms with Crippen molar-refractivity contribution in [2.75, 3.05) is 0 Å². The Hall–Kier alpha value is -2.36. The molecular weight excluding hydrogens is 350 g/mol. The number of rotatable bonds is 6. The first-order chi connectivity index (χ1) is 11.4. The summed E-state index contributed by atoms with van der Waals surface area (Å²) in [5.41, 5.74) is 1.25. The van der Waals surface area contributed by atoms with E-state index < -0.39 is 14.9 Å². The first-order valence-electron chi connectivity index (χ1n) is 6.98. The molecule has 7 nitrogen and oxygen atoms in total. The number of aromatic nitrogens is 1. The molecule has 0 saturated carbocycles. The lowest BCUT2D eigenvalue weighted by Gasteiger charge is -2.05. The molecule has 0 amide bonds. The van der Waals surface area contributed by atoms with Crippen LogP contribution in [0.15, 0.2) is 48.5 Å². The molecule has 3 aromatic rings. The van der Waals surface area contributed by atoms with Crippen LogP contribution in [0.2, 0.25) is 0 Å². The maximum Gasteiger partial charge on any atom is 0.269 e. The average molecular weight is 363 g/mol. The Labute approximate surface area is 142 Å². The standard InChI is InChI=1S/C15H13N3O4S2/c19-18(20)12-7-5-11(6-8-12)10-24(21,22)16-9-15-17-13-3-1-2-4-14(13)23-15/h1-8,16H,9-10H2. The molecule has 1 aromatic heterocycles. The summed E-state index contributed by atoms with van der Waals surface area (Å²) < 4.78 is 27.8. The average Bonchev–Trinajstić information content (AvgIpc) is 2.96. The minimum atomic E-state index is -3.56. The van der Waals surface area contributed by atoms with E-state index in [2.05, 4.69) is 9.71 Å². The summed E-state index contributed by atoms with van der Waals surface area (Å²) in [5.74, 6) is -0.240. The Balaban J connectivity index is 1.66. The summed E-state index contributed by atoms with van der Waals surface area (Å²) in [5, 5.41) is 11.3. The van der Waals surface area contributed by atoms with Gasteiger partial charge in [0.15, 0.2) is 0 Å². The third-order valence-electron chi connectivity index (χ3n) is 3.29. The van der Waals surface area contributed by atoms with Crippen molar-refractivity contribution in [2.45, 2.75) is 12.3 Å². The van der Waals surface area contributed by atoms with E-state index in [1.165, 1.54) is 35.6 Å². The highest BCUT2D eigenvalue weighted by Gasteiger charge is 2.14. The van der Waals surface area contributed by atoms with Crippen LogP contribution in [0.3, 0.4) is 0 Å². The number of nitro benzene ring substituents is 1. The van der Waals surface area contributed by atoms with E-state index in [1.54, 1.807) is 0 Å². The first kappa shape index (κ1) is 16.5. The monoisotopic (exact) mass is 363 g/mol. The predicted molar refractivity (Wildman–Crippen MR) is 92.2 cm³/mol. The van der Waals surface area contributed by atoms with E-state index in [0.717, 1.165) is 10.2 Å². The van der Waals surface area contributed by atoms with Gasteiger partial charge in [0.05, 0.1) is 27.4 Å². The highest BCUT2D eigenvalue weighted by molar-refractivity contribution is 7.88. The molecule has 2 aromatic carbocycles. The molecular formula is C15H13N3O4S2. The van der Waals surface area contributed by atoms with Crippen molar-refractivity contribution in [1.29, 1.82) is 0 Å². The van der Waals surface area contributed by atoms with Gasteiger partial charge in [0.1, 0.15) is 5.01 Å². The summed E-state index contributed by atoms with van der Waals surface area (Å²) in [6.45, 7) is 0.120. The molecule has 0 bridgehead atoms. The van der Waals surface area contributed by atoms with Gasteiger partial charge in [-0.15, -0.1) is 11.3 Å². The number of nitro groups is 1. The predicted octanol–water partition coefficient (Wildman–Crippen LogP) is 2.82. The Kier molecular flexibility index (Phi) is 4.56. The Morgan fingerprint density at radius 3 is 2.50 bits per heavy atom. The molecule has 0 unspecified atom stereocenters. The van der Waals surface area contributed by atoms with Crippen molar-refractivity contribution in [3.8, 4) is 0 Å². The lowest BCUT2D eigenvalue weighted by atomic mass is 10.2. The number of benzene rings is 2. The van der Waals surface area contributed by atoms with E-state index in [-0.39, 0.29) is 18.0 Å². The molecule has 0 radical (unpaired) electrons. The Morgan fingerprint density at radius 1 is 1.12 bits per heavy atom. The summed E-state index contributed by atoms with van der Waals surface area (Å²) in [4.78, 5) is 14.4. The molecule has 0 aliphatic heterocycles. The second-order valence-corrected chi connectivity index (χ2v) is 8.00. The molecule has 0 aliphatic rings. The SMILES string of the molecule is O=[N+]([O-])c1ccc(CS(=O)(=O)NCc2nc3ccccc3s2)cc1. The van der Waals surface area contributed by atoms with Gasteiger partial charge in [-0.25, -0.2) is 18.1 Å². The molecule has 0 aliphatic carbocycles. The van der Waals surface area contributed by atoms with Crippen molar-refractivity contribution in [3.05, 3.63) is 69.2 Å². The number of thiazole rings is 1. The maximum absolute atomic E-state index is 12.1. The molecule has 1 N–H and O–H groups in total. The van der Waals surface area contributed by atoms with Crippen molar-refractivity contribution in [2.24, 2.45) is 0 Å². The van der Waals surface area contributed by atoms with Crippen LogP contribution in [0.4, 0.5) is 5.69 Å². The fourth-order valence-electron chi connectivity index (χ4n) is 2.15. The summed E-state index contributed by atoms with van der Waals surface area (Å²) in [6.07, 6.45) is 0. The third-order valence-corrected chi connectivity index (χ3v) is 5.62. The van der Waals surface area contributed by atoms with Crippen LogP contribution in [0.5, 0.6) is 0 Å². The van der Waals surface area contributed by atoms with Crippen molar-refractivity contribution in [3.63, 3.8) is 0 Å². The van der Waals surface area contributed by atoms with E-state index in [0.29, 0.717) is 10.6 Å². The Bertz CT molecular complexity index is 948.